The Bertz CT molecular complexity index is 893. The molecule has 0 aliphatic carbocycles. The molecule has 5 heteroatoms. The van der Waals surface area contributed by atoms with Crippen LogP contribution in [-0.4, -0.2) is 18.1 Å². The summed E-state index contributed by atoms with van der Waals surface area (Å²) >= 11 is 0. The SMILES string of the molecule is CCCC(=O)Oc1cccc(Nc2ccnc3cc(OC)ccc23)c1. The third kappa shape index (κ3) is 4.07. The number of esters is 1. The van der Waals surface area contributed by atoms with Crippen LogP contribution < -0.4 is 14.8 Å². The lowest BCUT2D eigenvalue weighted by Gasteiger charge is -2.11. The van der Waals surface area contributed by atoms with E-state index in [1.807, 2.05) is 49.4 Å². The second-order valence-corrected chi connectivity index (χ2v) is 5.62. The molecule has 3 aromatic rings. The second kappa shape index (κ2) is 7.66. The Hall–Kier alpha value is -3.08. The van der Waals surface area contributed by atoms with Crippen molar-refractivity contribution in [2.24, 2.45) is 0 Å². The largest absolute Gasteiger partial charge is 0.497 e. The highest BCUT2D eigenvalue weighted by Gasteiger charge is 2.07. The van der Waals surface area contributed by atoms with Crippen molar-refractivity contribution in [1.29, 1.82) is 0 Å². The number of hydrogen-bond donors (Lipinski definition) is 1. The quantitative estimate of drug-likeness (QED) is 0.522. The smallest absolute Gasteiger partial charge is 0.311 e. The molecule has 2 aromatic carbocycles. The summed E-state index contributed by atoms with van der Waals surface area (Å²) in [4.78, 5) is 16.0. The van der Waals surface area contributed by atoms with Crippen molar-refractivity contribution >= 4 is 28.2 Å². The van der Waals surface area contributed by atoms with E-state index in [0.717, 1.165) is 34.4 Å². The number of pyridine rings is 1. The second-order valence-electron chi connectivity index (χ2n) is 5.62. The van der Waals surface area contributed by atoms with Crippen molar-refractivity contribution in [3.8, 4) is 11.5 Å². The van der Waals surface area contributed by atoms with E-state index in [0.29, 0.717) is 12.2 Å². The minimum atomic E-state index is -0.221. The molecule has 0 fully saturated rings. The summed E-state index contributed by atoms with van der Waals surface area (Å²) in [6, 6.07) is 15.0. The van der Waals surface area contributed by atoms with E-state index < -0.39 is 0 Å². The molecule has 0 bridgehead atoms. The van der Waals surface area contributed by atoms with Crippen molar-refractivity contribution in [2.45, 2.75) is 19.8 Å². The average Bonchev–Trinajstić information content (AvgIpc) is 2.62. The summed E-state index contributed by atoms with van der Waals surface area (Å²) in [7, 11) is 1.63. The molecule has 5 nitrogen and oxygen atoms in total. The molecule has 1 aromatic heterocycles. The zero-order valence-corrected chi connectivity index (χ0v) is 14.3. The van der Waals surface area contributed by atoms with Gasteiger partial charge in [-0.15, -0.1) is 0 Å². The normalized spacial score (nSPS) is 10.5. The molecule has 1 N–H and O–H groups in total. The molecule has 0 saturated heterocycles. The molecule has 0 aliphatic rings. The fraction of sp³-hybridized carbons (Fsp3) is 0.200. The molecule has 0 amide bonds. The number of rotatable bonds is 6. The van der Waals surface area contributed by atoms with Gasteiger partial charge in [-0.3, -0.25) is 9.78 Å². The van der Waals surface area contributed by atoms with Gasteiger partial charge in [-0.05, 0) is 36.8 Å². The number of aromatic nitrogens is 1. The van der Waals surface area contributed by atoms with Gasteiger partial charge in [-0.1, -0.05) is 13.0 Å². The maximum Gasteiger partial charge on any atom is 0.311 e. The van der Waals surface area contributed by atoms with Gasteiger partial charge in [-0.25, -0.2) is 0 Å². The Kier molecular flexibility index (Phi) is 5.14. The van der Waals surface area contributed by atoms with Crippen LogP contribution in [0.4, 0.5) is 11.4 Å². The minimum absolute atomic E-state index is 0.221. The predicted octanol–water partition coefficient (Wildman–Crippen LogP) is 4.69. The zero-order chi connectivity index (χ0) is 17.6. The van der Waals surface area contributed by atoms with Crippen molar-refractivity contribution < 1.29 is 14.3 Å². The molecule has 0 radical (unpaired) electrons. The van der Waals surface area contributed by atoms with E-state index in [-0.39, 0.29) is 5.97 Å². The number of carbonyl (C=O) groups excluding carboxylic acids is 1. The van der Waals surface area contributed by atoms with E-state index in [2.05, 4.69) is 10.3 Å². The summed E-state index contributed by atoms with van der Waals surface area (Å²) in [5, 5.41) is 4.34. The first-order valence-electron chi connectivity index (χ1n) is 8.20. The Morgan fingerprint density at radius 2 is 2.00 bits per heavy atom. The number of nitrogens with one attached hydrogen (secondary N) is 1. The molecule has 0 saturated carbocycles. The van der Waals surface area contributed by atoms with Crippen molar-refractivity contribution in [3.63, 3.8) is 0 Å². The Morgan fingerprint density at radius 1 is 1.12 bits per heavy atom. The molecule has 1 heterocycles. The van der Waals surface area contributed by atoms with Gasteiger partial charge in [0.15, 0.2) is 0 Å². The third-order valence-electron chi connectivity index (χ3n) is 3.75. The lowest BCUT2D eigenvalue weighted by atomic mass is 10.1. The number of hydrogen-bond acceptors (Lipinski definition) is 5. The van der Waals surface area contributed by atoms with Crippen LogP contribution in [0.15, 0.2) is 54.7 Å². The van der Waals surface area contributed by atoms with Crippen LogP contribution in [0.5, 0.6) is 11.5 Å². The number of anilines is 2. The number of fused-ring (bicyclic) bond motifs is 1. The first kappa shape index (κ1) is 16.8. The summed E-state index contributed by atoms with van der Waals surface area (Å²) in [5.74, 6) is 1.08. The van der Waals surface area contributed by atoms with Crippen molar-refractivity contribution in [1.82, 2.24) is 4.98 Å². The van der Waals surface area contributed by atoms with Crippen LogP contribution in [-0.2, 0) is 4.79 Å². The van der Waals surface area contributed by atoms with Gasteiger partial charge in [0.2, 0.25) is 0 Å². The van der Waals surface area contributed by atoms with E-state index in [1.54, 1.807) is 19.4 Å². The Balaban J connectivity index is 1.85. The van der Waals surface area contributed by atoms with E-state index in [1.165, 1.54) is 0 Å². The highest BCUT2D eigenvalue weighted by Crippen LogP contribution is 2.29. The summed E-state index contributed by atoms with van der Waals surface area (Å²) < 4.78 is 10.6. The molecular weight excluding hydrogens is 316 g/mol. The first-order valence-corrected chi connectivity index (χ1v) is 8.20. The van der Waals surface area contributed by atoms with Crippen molar-refractivity contribution in [3.05, 3.63) is 54.7 Å². The lowest BCUT2D eigenvalue weighted by Crippen LogP contribution is -2.06. The van der Waals surface area contributed by atoms with Crippen LogP contribution in [0.2, 0.25) is 0 Å². The number of methoxy groups -OCH3 is 1. The Morgan fingerprint density at radius 3 is 2.80 bits per heavy atom. The van der Waals surface area contributed by atoms with Gasteiger partial charge < -0.3 is 14.8 Å². The number of nitrogens with zero attached hydrogens (tertiary/aromatic N) is 1. The average molecular weight is 336 g/mol. The molecule has 0 atom stereocenters. The van der Waals surface area contributed by atoms with Crippen molar-refractivity contribution in [2.75, 3.05) is 12.4 Å². The van der Waals surface area contributed by atoms with Gasteiger partial charge in [0, 0.05) is 41.5 Å². The molecule has 25 heavy (non-hydrogen) atoms. The van der Waals surface area contributed by atoms with Gasteiger partial charge >= 0.3 is 5.97 Å². The molecule has 3 rings (SSSR count). The van der Waals surface area contributed by atoms with Crippen LogP contribution in [0.3, 0.4) is 0 Å². The fourth-order valence-corrected chi connectivity index (χ4v) is 2.54. The zero-order valence-electron chi connectivity index (χ0n) is 14.3. The number of carbonyl (C=O) groups is 1. The highest BCUT2D eigenvalue weighted by molar-refractivity contribution is 5.93. The van der Waals surface area contributed by atoms with Crippen LogP contribution >= 0.6 is 0 Å². The predicted molar refractivity (Wildman–Crippen MR) is 98.6 cm³/mol. The van der Waals surface area contributed by atoms with E-state index in [4.69, 9.17) is 9.47 Å². The molecule has 0 aliphatic heterocycles. The topological polar surface area (TPSA) is 60.5 Å². The minimum Gasteiger partial charge on any atom is -0.497 e. The maximum absolute atomic E-state index is 11.7. The Labute approximate surface area is 146 Å². The first-order chi connectivity index (χ1) is 12.2. The lowest BCUT2D eigenvalue weighted by molar-refractivity contribution is -0.134. The monoisotopic (exact) mass is 336 g/mol. The van der Waals surface area contributed by atoms with Gasteiger partial charge in [0.05, 0.1) is 12.6 Å². The maximum atomic E-state index is 11.7. The summed E-state index contributed by atoms with van der Waals surface area (Å²) in [6.07, 6.45) is 2.92. The van der Waals surface area contributed by atoms with Crippen LogP contribution in [0.25, 0.3) is 10.9 Å². The number of ether oxygens (including phenoxy) is 2. The fourth-order valence-electron chi connectivity index (χ4n) is 2.54. The molecule has 128 valence electrons. The summed E-state index contributed by atoms with van der Waals surface area (Å²) in [6.45, 7) is 1.95. The standard InChI is InChI=1S/C20H20N2O3/c1-3-5-20(23)25-16-7-4-6-14(12-16)22-18-10-11-21-19-13-15(24-2)8-9-17(18)19/h4,6-13H,3,5H2,1-2H3,(H,21,22). The molecule has 0 spiro atoms. The summed E-state index contributed by atoms with van der Waals surface area (Å²) in [5.41, 5.74) is 2.60. The number of benzene rings is 2. The van der Waals surface area contributed by atoms with Crippen LogP contribution in [0.1, 0.15) is 19.8 Å². The van der Waals surface area contributed by atoms with Gasteiger partial charge in [0.25, 0.3) is 0 Å². The van der Waals surface area contributed by atoms with Gasteiger partial charge in [0.1, 0.15) is 11.5 Å². The third-order valence-corrected chi connectivity index (χ3v) is 3.75. The van der Waals surface area contributed by atoms with E-state index >= 15 is 0 Å². The van der Waals surface area contributed by atoms with E-state index in [9.17, 15) is 4.79 Å². The van der Waals surface area contributed by atoms with Gasteiger partial charge in [-0.2, -0.15) is 0 Å². The van der Waals surface area contributed by atoms with Crippen LogP contribution in [0, 0.1) is 0 Å². The molecular formula is C20H20N2O3. The highest BCUT2D eigenvalue weighted by atomic mass is 16.5. The molecule has 0 unspecified atom stereocenters.